The van der Waals surface area contributed by atoms with E-state index >= 15 is 0 Å². The summed E-state index contributed by atoms with van der Waals surface area (Å²) in [5, 5.41) is 0. The third-order valence-electron chi connectivity index (χ3n) is 3.19. The third-order valence-corrected chi connectivity index (χ3v) is 3.19. The summed E-state index contributed by atoms with van der Waals surface area (Å²) in [5.41, 5.74) is 7.18. The maximum Gasteiger partial charge on any atom is 0.128 e. The number of aryl methyl sites for hydroxylation is 1. The summed E-state index contributed by atoms with van der Waals surface area (Å²) in [6, 6.07) is 4.98. The second kappa shape index (κ2) is 4.64. The van der Waals surface area contributed by atoms with Crippen LogP contribution < -0.4 is 5.73 Å². The Morgan fingerprint density at radius 1 is 1.38 bits per heavy atom. The highest BCUT2D eigenvalue weighted by atomic mass is 19.1. The van der Waals surface area contributed by atoms with Gasteiger partial charge in [-0.3, -0.25) is 0 Å². The Morgan fingerprint density at radius 3 is 2.69 bits per heavy atom. The molecule has 2 N–H and O–H groups in total. The standard InChI is InChI=1S/C13H17FN2/c1-9-6-7-11(8-12(9)14)16-13(15)10-4-2-3-5-10/h6-8,10H,2-5H2,1H3,(H2,15,16). The second-order valence-corrected chi connectivity index (χ2v) is 4.45. The van der Waals surface area contributed by atoms with E-state index in [-0.39, 0.29) is 5.82 Å². The Morgan fingerprint density at radius 2 is 2.06 bits per heavy atom. The van der Waals surface area contributed by atoms with Crippen molar-refractivity contribution in [2.24, 2.45) is 16.6 Å². The summed E-state index contributed by atoms with van der Waals surface area (Å²) < 4.78 is 13.3. The lowest BCUT2D eigenvalue weighted by Crippen LogP contribution is -2.20. The molecule has 0 atom stereocenters. The molecule has 0 amide bonds. The zero-order valence-electron chi connectivity index (χ0n) is 9.54. The smallest absolute Gasteiger partial charge is 0.128 e. The van der Waals surface area contributed by atoms with E-state index in [1.165, 1.54) is 18.9 Å². The highest BCUT2D eigenvalue weighted by molar-refractivity contribution is 5.85. The van der Waals surface area contributed by atoms with Crippen LogP contribution in [0, 0.1) is 18.7 Å². The van der Waals surface area contributed by atoms with E-state index in [4.69, 9.17) is 5.73 Å². The van der Waals surface area contributed by atoms with Crippen molar-refractivity contribution >= 4 is 11.5 Å². The molecule has 16 heavy (non-hydrogen) atoms. The molecule has 1 aliphatic carbocycles. The van der Waals surface area contributed by atoms with Crippen LogP contribution >= 0.6 is 0 Å². The summed E-state index contributed by atoms with van der Waals surface area (Å²) in [6.07, 6.45) is 4.68. The first-order valence-corrected chi connectivity index (χ1v) is 5.77. The van der Waals surface area contributed by atoms with Gasteiger partial charge in [-0.15, -0.1) is 0 Å². The van der Waals surface area contributed by atoms with Crippen LogP contribution in [0.2, 0.25) is 0 Å². The van der Waals surface area contributed by atoms with Crippen molar-refractivity contribution < 1.29 is 4.39 Å². The molecule has 0 spiro atoms. The predicted molar refractivity (Wildman–Crippen MR) is 64.4 cm³/mol. The van der Waals surface area contributed by atoms with Crippen molar-refractivity contribution in [1.29, 1.82) is 0 Å². The van der Waals surface area contributed by atoms with Crippen LogP contribution in [0.1, 0.15) is 31.2 Å². The molecule has 1 fully saturated rings. The van der Waals surface area contributed by atoms with Crippen LogP contribution in [0.4, 0.5) is 10.1 Å². The minimum absolute atomic E-state index is 0.222. The highest BCUT2D eigenvalue weighted by Crippen LogP contribution is 2.26. The Kier molecular flexibility index (Phi) is 3.22. The molecule has 2 rings (SSSR count). The maximum atomic E-state index is 13.3. The van der Waals surface area contributed by atoms with Gasteiger partial charge in [-0.05, 0) is 37.5 Å². The fourth-order valence-corrected chi connectivity index (χ4v) is 2.11. The van der Waals surface area contributed by atoms with Crippen LogP contribution in [0.3, 0.4) is 0 Å². The van der Waals surface area contributed by atoms with Gasteiger partial charge >= 0.3 is 0 Å². The summed E-state index contributed by atoms with van der Waals surface area (Å²) in [5.74, 6) is 0.825. The first kappa shape index (κ1) is 11.1. The van der Waals surface area contributed by atoms with E-state index in [2.05, 4.69) is 4.99 Å². The van der Waals surface area contributed by atoms with Gasteiger partial charge in [-0.1, -0.05) is 18.9 Å². The molecule has 0 saturated heterocycles. The van der Waals surface area contributed by atoms with Crippen LogP contribution in [-0.4, -0.2) is 5.84 Å². The van der Waals surface area contributed by atoms with E-state index < -0.39 is 0 Å². The molecule has 0 heterocycles. The molecular formula is C13H17FN2. The van der Waals surface area contributed by atoms with Crippen LogP contribution in [0.5, 0.6) is 0 Å². The molecule has 0 aromatic heterocycles. The lowest BCUT2D eigenvalue weighted by Gasteiger charge is -2.08. The van der Waals surface area contributed by atoms with Crippen molar-refractivity contribution in [3.8, 4) is 0 Å². The van der Waals surface area contributed by atoms with E-state index in [1.54, 1.807) is 19.1 Å². The molecular weight excluding hydrogens is 203 g/mol. The molecule has 1 aromatic carbocycles. The zero-order chi connectivity index (χ0) is 11.5. The normalized spacial score (nSPS) is 18.0. The van der Waals surface area contributed by atoms with Crippen LogP contribution in [-0.2, 0) is 0 Å². The number of hydrogen-bond donors (Lipinski definition) is 1. The number of nitrogens with zero attached hydrogens (tertiary/aromatic N) is 1. The molecule has 3 heteroatoms. The monoisotopic (exact) mass is 220 g/mol. The number of benzene rings is 1. The van der Waals surface area contributed by atoms with E-state index in [9.17, 15) is 4.39 Å². The first-order chi connectivity index (χ1) is 7.66. The van der Waals surface area contributed by atoms with Gasteiger partial charge in [0.05, 0.1) is 5.69 Å². The quantitative estimate of drug-likeness (QED) is 0.602. The molecule has 0 unspecified atom stereocenters. The van der Waals surface area contributed by atoms with Gasteiger partial charge in [0.15, 0.2) is 0 Å². The largest absolute Gasteiger partial charge is 0.387 e. The lowest BCUT2D eigenvalue weighted by molar-refractivity contribution is 0.619. The fraction of sp³-hybridized carbons (Fsp3) is 0.462. The van der Waals surface area contributed by atoms with E-state index in [0.29, 0.717) is 23.0 Å². The minimum Gasteiger partial charge on any atom is -0.387 e. The summed E-state index contributed by atoms with van der Waals surface area (Å²) >= 11 is 0. The predicted octanol–water partition coefficient (Wildman–Crippen LogP) is 3.31. The Balaban J connectivity index is 2.17. The molecule has 0 radical (unpaired) electrons. The Labute approximate surface area is 95.4 Å². The highest BCUT2D eigenvalue weighted by Gasteiger charge is 2.18. The second-order valence-electron chi connectivity index (χ2n) is 4.45. The van der Waals surface area contributed by atoms with E-state index in [1.807, 2.05) is 0 Å². The lowest BCUT2D eigenvalue weighted by atomic mass is 10.1. The van der Waals surface area contributed by atoms with Crippen molar-refractivity contribution in [3.63, 3.8) is 0 Å². The molecule has 0 bridgehead atoms. The van der Waals surface area contributed by atoms with Gasteiger partial charge < -0.3 is 5.73 Å². The van der Waals surface area contributed by atoms with Gasteiger partial charge in [-0.25, -0.2) is 9.38 Å². The Bertz CT molecular complexity index is 406. The summed E-state index contributed by atoms with van der Waals surface area (Å²) in [7, 11) is 0. The number of amidine groups is 1. The van der Waals surface area contributed by atoms with Crippen molar-refractivity contribution in [2.75, 3.05) is 0 Å². The Hall–Kier alpha value is -1.38. The van der Waals surface area contributed by atoms with Crippen molar-refractivity contribution in [2.45, 2.75) is 32.6 Å². The molecule has 2 nitrogen and oxygen atoms in total. The SMILES string of the molecule is Cc1ccc(N=C(N)C2CCCC2)cc1F. The van der Waals surface area contributed by atoms with E-state index in [0.717, 1.165) is 12.8 Å². The van der Waals surface area contributed by atoms with Crippen molar-refractivity contribution in [3.05, 3.63) is 29.6 Å². The molecule has 86 valence electrons. The number of halogens is 1. The number of hydrogen-bond acceptors (Lipinski definition) is 1. The average molecular weight is 220 g/mol. The molecule has 1 aliphatic rings. The molecule has 0 aliphatic heterocycles. The fourth-order valence-electron chi connectivity index (χ4n) is 2.11. The van der Waals surface area contributed by atoms with Gasteiger partial charge in [0.1, 0.15) is 11.7 Å². The maximum absolute atomic E-state index is 13.3. The van der Waals surface area contributed by atoms with Crippen molar-refractivity contribution in [1.82, 2.24) is 0 Å². The average Bonchev–Trinajstić information content (AvgIpc) is 2.77. The summed E-state index contributed by atoms with van der Waals surface area (Å²) in [4.78, 5) is 4.30. The van der Waals surface area contributed by atoms with Gasteiger partial charge in [0.25, 0.3) is 0 Å². The van der Waals surface area contributed by atoms with Gasteiger partial charge in [-0.2, -0.15) is 0 Å². The summed E-state index contributed by atoms with van der Waals surface area (Å²) in [6.45, 7) is 1.74. The zero-order valence-corrected chi connectivity index (χ0v) is 9.54. The van der Waals surface area contributed by atoms with Gasteiger partial charge in [0.2, 0.25) is 0 Å². The van der Waals surface area contributed by atoms with Crippen LogP contribution in [0.25, 0.3) is 0 Å². The number of aliphatic imine (C=N–C) groups is 1. The molecule has 1 saturated carbocycles. The third kappa shape index (κ3) is 2.40. The number of rotatable bonds is 2. The number of nitrogens with two attached hydrogens (primary N) is 1. The molecule has 1 aromatic rings. The minimum atomic E-state index is -0.222. The van der Waals surface area contributed by atoms with Gasteiger partial charge in [0, 0.05) is 5.92 Å². The van der Waals surface area contributed by atoms with Crippen LogP contribution in [0.15, 0.2) is 23.2 Å². The topological polar surface area (TPSA) is 38.4 Å². The first-order valence-electron chi connectivity index (χ1n) is 5.77.